The fraction of sp³-hybridized carbons (Fsp3) is 0.188. The third-order valence-corrected chi connectivity index (χ3v) is 3.92. The Balaban J connectivity index is 2.04. The number of benzene rings is 2. The number of anilines is 1. The van der Waals surface area contributed by atoms with Gasteiger partial charge in [-0.2, -0.15) is 0 Å². The Labute approximate surface area is 131 Å². The number of nitrogens with one attached hydrogen (secondary N) is 1. The molecule has 3 nitrogen and oxygen atoms in total. The van der Waals surface area contributed by atoms with Crippen LogP contribution >= 0.6 is 15.9 Å². The van der Waals surface area contributed by atoms with Crippen LogP contribution in [0.3, 0.4) is 0 Å². The van der Waals surface area contributed by atoms with Gasteiger partial charge in [0.25, 0.3) is 0 Å². The maximum absolute atomic E-state index is 13.0. The Morgan fingerprint density at radius 2 is 2.00 bits per heavy atom. The number of urea groups is 1. The molecule has 0 bridgehead atoms. The molecular formula is C16H16BrFN2O. The lowest BCUT2D eigenvalue weighted by Gasteiger charge is -2.19. The van der Waals surface area contributed by atoms with Crippen LogP contribution in [0.2, 0.25) is 0 Å². The molecule has 0 aliphatic heterocycles. The highest BCUT2D eigenvalue weighted by Gasteiger charge is 2.12. The monoisotopic (exact) mass is 350 g/mol. The van der Waals surface area contributed by atoms with Gasteiger partial charge >= 0.3 is 6.03 Å². The zero-order valence-electron chi connectivity index (χ0n) is 11.9. The SMILES string of the molecule is Cc1cc(F)ccc1NC(=O)N(C)Cc1ccccc1Br. The van der Waals surface area contributed by atoms with Crippen molar-refractivity contribution in [2.24, 2.45) is 0 Å². The van der Waals surface area contributed by atoms with E-state index < -0.39 is 0 Å². The molecule has 0 aliphatic rings. The number of carbonyl (C=O) groups is 1. The number of halogens is 2. The number of hydrogen-bond acceptors (Lipinski definition) is 1. The highest BCUT2D eigenvalue weighted by atomic mass is 79.9. The van der Waals surface area contributed by atoms with E-state index in [1.165, 1.54) is 12.1 Å². The Morgan fingerprint density at radius 3 is 2.67 bits per heavy atom. The van der Waals surface area contributed by atoms with Crippen molar-refractivity contribution in [3.8, 4) is 0 Å². The minimum absolute atomic E-state index is 0.236. The van der Waals surface area contributed by atoms with Gasteiger partial charge in [0.15, 0.2) is 0 Å². The molecule has 0 unspecified atom stereocenters. The number of nitrogens with zero attached hydrogens (tertiary/aromatic N) is 1. The smallest absolute Gasteiger partial charge is 0.321 e. The van der Waals surface area contributed by atoms with Crippen LogP contribution in [-0.2, 0) is 6.54 Å². The number of aryl methyl sites for hydroxylation is 1. The average Bonchev–Trinajstić information content (AvgIpc) is 2.44. The summed E-state index contributed by atoms with van der Waals surface area (Å²) in [5.74, 6) is -0.313. The third-order valence-electron chi connectivity index (χ3n) is 3.14. The molecule has 0 spiro atoms. The molecule has 0 aromatic heterocycles. The third kappa shape index (κ3) is 4.04. The van der Waals surface area contributed by atoms with E-state index in [9.17, 15) is 9.18 Å². The minimum Gasteiger partial charge on any atom is -0.323 e. The van der Waals surface area contributed by atoms with Crippen LogP contribution in [0, 0.1) is 12.7 Å². The van der Waals surface area contributed by atoms with E-state index in [0.717, 1.165) is 10.0 Å². The van der Waals surface area contributed by atoms with E-state index >= 15 is 0 Å². The van der Waals surface area contributed by atoms with Crippen LogP contribution in [0.15, 0.2) is 46.9 Å². The molecule has 0 atom stereocenters. The van der Waals surface area contributed by atoms with Crippen molar-refractivity contribution in [3.05, 3.63) is 63.9 Å². The second-order valence-corrected chi connectivity index (χ2v) is 5.69. The molecule has 2 amide bonds. The van der Waals surface area contributed by atoms with Crippen molar-refractivity contribution in [2.45, 2.75) is 13.5 Å². The van der Waals surface area contributed by atoms with Crippen molar-refractivity contribution >= 4 is 27.6 Å². The van der Waals surface area contributed by atoms with Gasteiger partial charge in [0.1, 0.15) is 5.82 Å². The van der Waals surface area contributed by atoms with Crippen LogP contribution < -0.4 is 5.32 Å². The van der Waals surface area contributed by atoms with Gasteiger partial charge < -0.3 is 10.2 Å². The van der Waals surface area contributed by atoms with Crippen molar-refractivity contribution < 1.29 is 9.18 Å². The normalized spacial score (nSPS) is 10.3. The largest absolute Gasteiger partial charge is 0.323 e. The van der Waals surface area contributed by atoms with Crippen LogP contribution in [0.1, 0.15) is 11.1 Å². The van der Waals surface area contributed by atoms with Crippen molar-refractivity contribution in [1.29, 1.82) is 0 Å². The molecule has 0 fully saturated rings. The molecular weight excluding hydrogens is 335 g/mol. The van der Waals surface area contributed by atoms with E-state index in [1.54, 1.807) is 24.9 Å². The first-order valence-electron chi connectivity index (χ1n) is 6.49. The number of amides is 2. The summed E-state index contributed by atoms with van der Waals surface area (Å²) in [5, 5.41) is 2.78. The number of rotatable bonds is 3. The van der Waals surface area contributed by atoms with Gasteiger partial charge in [-0.25, -0.2) is 9.18 Å². The lowest BCUT2D eigenvalue weighted by Crippen LogP contribution is -2.31. The van der Waals surface area contributed by atoms with E-state index in [4.69, 9.17) is 0 Å². The molecule has 0 heterocycles. The molecule has 5 heteroatoms. The Morgan fingerprint density at radius 1 is 1.29 bits per heavy atom. The first-order chi connectivity index (χ1) is 9.97. The zero-order valence-corrected chi connectivity index (χ0v) is 13.4. The Hall–Kier alpha value is -1.88. The quantitative estimate of drug-likeness (QED) is 0.864. The summed E-state index contributed by atoms with van der Waals surface area (Å²) in [6.45, 7) is 2.24. The van der Waals surface area contributed by atoms with Gasteiger partial charge in [0, 0.05) is 23.8 Å². The van der Waals surface area contributed by atoms with Crippen LogP contribution in [0.5, 0.6) is 0 Å². The maximum Gasteiger partial charge on any atom is 0.321 e. The molecule has 0 aliphatic carbocycles. The molecule has 2 aromatic rings. The maximum atomic E-state index is 13.0. The van der Waals surface area contributed by atoms with Crippen molar-refractivity contribution in [1.82, 2.24) is 4.90 Å². The second kappa shape index (κ2) is 6.72. The topological polar surface area (TPSA) is 32.3 Å². The fourth-order valence-corrected chi connectivity index (χ4v) is 2.34. The highest BCUT2D eigenvalue weighted by Crippen LogP contribution is 2.19. The fourth-order valence-electron chi connectivity index (χ4n) is 1.93. The van der Waals surface area contributed by atoms with Crippen LogP contribution in [0.25, 0.3) is 0 Å². The van der Waals surface area contributed by atoms with Gasteiger partial charge in [-0.05, 0) is 42.3 Å². The summed E-state index contributed by atoms with van der Waals surface area (Å²) in [4.78, 5) is 13.7. The average molecular weight is 351 g/mol. The summed E-state index contributed by atoms with van der Waals surface area (Å²) in [5.41, 5.74) is 2.32. The molecule has 1 N–H and O–H groups in total. The molecule has 0 saturated carbocycles. The minimum atomic E-state index is -0.313. The van der Waals surface area contributed by atoms with E-state index in [-0.39, 0.29) is 11.8 Å². The number of hydrogen-bond donors (Lipinski definition) is 1. The summed E-state index contributed by atoms with van der Waals surface area (Å²) in [7, 11) is 1.72. The van der Waals surface area contributed by atoms with Crippen molar-refractivity contribution in [2.75, 3.05) is 12.4 Å². The molecule has 0 saturated heterocycles. The summed E-state index contributed by atoms with van der Waals surface area (Å²) >= 11 is 3.46. The lowest BCUT2D eigenvalue weighted by atomic mass is 10.2. The van der Waals surface area contributed by atoms with Gasteiger partial charge in [-0.1, -0.05) is 34.1 Å². The molecule has 2 aromatic carbocycles. The predicted molar refractivity (Wildman–Crippen MR) is 85.8 cm³/mol. The standard InChI is InChI=1S/C16H16BrFN2O/c1-11-9-13(18)7-8-15(11)19-16(21)20(2)10-12-5-3-4-6-14(12)17/h3-9H,10H2,1-2H3,(H,19,21). The number of carbonyl (C=O) groups excluding carboxylic acids is 1. The van der Waals surface area contributed by atoms with E-state index in [1.807, 2.05) is 24.3 Å². The Kier molecular flexibility index (Phi) is 4.96. The second-order valence-electron chi connectivity index (χ2n) is 4.84. The van der Waals surface area contributed by atoms with Gasteiger partial charge in [-0.3, -0.25) is 0 Å². The summed E-state index contributed by atoms with van der Waals surface area (Å²) < 4.78 is 14.0. The lowest BCUT2D eigenvalue weighted by molar-refractivity contribution is 0.220. The molecule has 2 rings (SSSR count). The molecule has 21 heavy (non-hydrogen) atoms. The molecule has 110 valence electrons. The first kappa shape index (κ1) is 15.5. The predicted octanol–water partition coefficient (Wildman–Crippen LogP) is 4.56. The molecule has 0 radical (unpaired) electrons. The highest BCUT2D eigenvalue weighted by molar-refractivity contribution is 9.10. The first-order valence-corrected chi connectivity index (χ1v) is 7.28. The van der Waals surface area contributed by atoms with Gasteiger partial charge in [-0.15, -0.1) is 0 Å². The van der Waals surface area contributed by atoms with Crippen LogP contribution in [-0.4, -0.2) is 18.0 Å². The zero-order chi connectivity index (χ0) is 15.4. The van der Waals surface area contributed by atoms with Gasteiger partial charge in [0.05, 0.1) is 0 Å². The van der Waals surface area contributed by atoms with E-state index in [2.05, 4.69) is 21.2 Å². The van der Waals surface area contributed by atoms with E-state index in [0.29, 0.717) is 17.8 Å². The van der Waals surface area contributed by atoms with Crippen molar-refractivity contribution in [3.63, 3.8) is 0 Å². The summed E-state index contributed by atoms with van der Waals surface area (Å²) in [6.07, 6.45) is 0. The van der Waals surface area contributed by atoms with Crippen LogP contribution in [0.4, 0.5) is 14.9 Å². The van der Waals surface area contributed by atoms with Gasteiger partial charge in [0.2, 0.25) is 0 Å². The Bertz CT molecular complexity index is 660. The summed E-state index contributed by atoms with van der Waals surface area (Å²) in [6, 6.07) is 11.8.